The molecule has 116 valence electrons. The molecule has 8 heteroatoms. The van der Waals surface area contributed by atoms with Crippen molar-refractivity contribution >= 4 is 58.3 Å². The van der Waals surface area contributed by atoms with Gasteiger partial charge >= 0.3 is 11.9 Å². The van der Waals surface area contributed by atoms with Gasteiger partial charge in [0, 0.05) is 11.8 Å². The van der Waals surface area contributed by atoms with E-state index in [1.807, 2.05) is 0 Å². The monoisotopic (exact) mass is 364 g/mol. The van der Waals surface area contributed by atoms with Gasteiger partial charge in [0.25, 0.3) is 0 Å². The van der Waals surface area contributed by atoms with E-state index in [4.69, 9.17) is 55.9 Å². The first kappa shape index (κ1) is 19.8. The second kappa shape index (κ2) is 12.6. The molecule has 0 unspecified atom stereocenters. The highest BCUT2D eigenvalue weighted by Gasteiger charge is 2.20. The molecule has 0 amide bonds. The second-order valence-electron chi connectivity index (χ2n) is 3.69. The normalized spacial score (nSPS) is 11.8. The maximum atomic E-state index is 11.5. The highest BCUT2D eigenvalue weighted by molar-refractivity contribution is 6.53. The summed E-state index contributed by atoms with van der Waals surface area (Å²) in [4.78, 5) is 22.9. The predicted molar refractivity (Wildman–Crippen MR) is 80.6 cm³/mol. The van der Waals surface area contributed by atoms with Gasteiger partial charge in [-0.15, -0.1) is 23.2 Å². The van der Waals surface area contributed by atoms with Gasteiger partial charge in [-0.25, -0.2) is 9.59 Å². The van der Waals surface area contributed by atoms with Gasteiger partial charge in [0.2, 0.25) is 0 Å². The summed E-state index contributed by atoms with van der Waals surface area (Å²) in [5, 5.41) is -0.972. The molecule has 0 rings (SSSR count). The van der Waals surface area contributed by atoms with Gasteiger partial charge in [0.05, 0.1) is 13.2 Å². The summed E-state index contributed by atoms with van der Waals surface area (Å²) in [6, 6.07) is 0. The van der Waals surface area contributed by atoms with Crippen LogP contribution in [0.4, 0.5) is 0 Å². The average molecular weight is 366 g/mol. The lowest BCUT2D eigenvalue weighted by Crippen LogP contribution is -2.12. The molecule has 0 saturated carbocycles. The molecule has 0 heterocycles. The van der Waals surface area contributed by atoms with E-state index < -0.39 is 22.0 Å². The number of esters is 2. The van der Waals surface area contributed by atoms with E-state index in [2.05, 4.69) is 0 Å². The van der Waals surface area contributed by atoms with Crippen LogP contribution in [-0.4, -0.2) is 36.9 Å². The van der Waals surface area contributed by atoms with Gasteiger partial charge in [-0.2, -0.15) is 0 Å². The van der Waals surface area contributed by atoms with Crippen molar-refractivity contribution in [2.24, 2.45) is 0 Å². The first-order chi connectivity index (χ1) is 9.54. The first-order valence-electron chi connectivity index (χ1n) is 6.06. The van der Waals surface area contributed by atoms with Gasteiger partial charge < -0.3 is 9.47 Å². The largest absolute Gasteiger partial charge is 0.461 e. The summed E-state index contributed by atoms with van der Waals surface area (Å²) in [5.74, 6) is -0.750. The van der Waals surface area contributed by atoms with E-state index in [1.54, 1.807) is 0 Å². The molecular weight excluding hydrogens is 350 g/mol. The highest BCUT2D eigenvalue weighted by Crippen LogP contribution is 2.17. The van der Waals surface area contributed by atoms with E-state index in [-0.39, 0.29) is 13.2 Å². The van der Waals surface area contributed by atoms with E-state index >= 15 is 0 Å². The Hall–Kier alpha value is -0.160. The maximum Gasteiger partial charge on any atom is 0.351 e. The lowest BCUT2D eigenvalue weighted by molar-refractivity contribution is -0.141. The Morgan fingerprint density at radius 2 is 1.05 bits per heavy atom. The molecule has 0 N–H and O–H groups in total. The summed E-state index contributed by atoms with van der Waals surface area (Å²) in [7, 11) is 0. The van der Waals surface area contributed by atoms with Gasteiger partial charge in [0.1, 0.15) is 0 Å². The van der Waals surface area contributed by atoms with Crippen molar-refractivity contribution in [1.29, 1.82) is 0 Å². The standard InChI is InChI=1S/C12H16Cl4O4/c13-5-1-3-7-19-11(17)9(15)10(16)12(18)20-8-4-2-6-14/h1-8H2/b10-9-. The van der Waals surface area contributed by atoms with Gasteiger partial charge in [0.15, 0.2) is 10.1 Å². The zero-order valence-corrected chi connectivity index (χ0v) is 13.8. The molecule has 0 aromatic heterocycles. The number of alkyl halides is 2. The lowest BCUT2D eigenvalue weighted by atomic mass is 10.3. The van der Waals surface area contributed by atoms with Crippen LogP contribution in [-0.2, 0) is 19.1 Å². The Balaban J connectivity index is 4.19. The number of ether oxygens (including phenoxy) is 2. The Morgan fingerprint density at radius 1 is 0.700 bits per heavy atom. The molecule has 0 atom stereocenters. The third-order valence-corrected chi connectivity index (χ3v) is 3.39. The molecule has 0 aliphatic heterocycles. The Bertz CT molecular complexity index is 312. The number of hydrogen-bond donors (Lipinski definition) is 0. The Labute approximate surface area is 138 Å². The van der Waals surface area contributed by atoms with Crippen LogP contribution >= 0.6 is 46.4 Å². The van der Waals surface area contributed by atoms with Gasteiger partial charge in [-0.1, -0.05) is 23.2 Å². The minimum absolute atomic E-state index is 0.163. The van der Waals surface area contributed by atoms with Crippen molar-refractivity contribution in [3.8, 4) is 0 Å². The number of carbonyl (C=O) groups is 2. The fraction of sp³-hybridized carbons (Fsp3) is 0.667. The lowest BCUT2D eigenvalue weighted by Gasteiger charge is -2.06. The zero-order chi connectivity index (χ0) is 15.4. The molecule has 0 aromatic rings. The molecule has 0 bridgehead atoms. The van der Waals surface area contributed by atoms with Crippen LogP contribution in [0.15, 0.2) is 10.1 Å². The molecule has 0 saturated heterocycles. The van der Waals surface area contributed by atoms with Crippen LogP contribution in [0.25, 0.3) is 0 Å². The second-order valence-corrected chi connectivity index (χ2v) is 5.20. The molecule has 0 fully saturated rings. The van der Waals surface area contributed by atoms with E-state index in [0.29, 0.717) is 37.4 Å². The van der Waals surface area contributed by atoms with Crippen molar-refractivity contribution < 1.29 is 19.1 Å². The van der Waals surface area contributed by atoms with Crippen molar-refractivity contribution in [2.75, 3.05) is 25.0 Å². The van der Waals surface area contributed by atoms with Crippen LogP contribution in [0.5, 0.6) is 0 Å². The summed E-state index contributed by atoms with van der Waals surface area (Å²) >= 11 is 22.3. The minimum Gasteiger partial charge on any atom is -0.461 e. The van der Waals surface area contributed by atoms with Crippen molar-refractivity contribution in [1.82, 2.24) is 0 Å². The summed E-state index contributed by atoms with van der Waals surface area (Å²) in [6.45, 7) is 0.327. The third-order valence-electron chi connectivity index (χ3n) is 2.07. The summed E-state index contributed by atoms with van der Waals surface area (Å²) < 4.78 is 9.65. The molecule has 20 heavy (non-hydrogen) atoms. The fourth-order valence-corrected chi connectivity index (χ4v) is 1.67. The van der Waals surface area contributed by atoms with Crippen molar-refractivity contribution in [2.45, 2.75) is 25.7 Å². The SMILES string of the molecule is O=C(OCCCCCl)/C(Cl)=C(/Cl)C(=O)OCCCCCl. The molecule has 0 radical (unpaired) electrons. The molecule has 0 aliphatic rings. The van der Waals surface area contributed by atoms with E-state index in [9.17, 15) is 9.59 Å². The Kier molecular flexibility index (Phi) is 12.5. The quantitative estimate of drug-likeness (QED) is 0.256. The molecule has 0 aromatic carbocycles. The van der Waals surface area contributed by atoms with Crippen LogP contribution in [0.1, 0.15) is 25.7 Å². The van der Waals surface area contributed by atoms with E-state index in [1.165, 1.54) is 0 Å². The first-order valence-corrected chi connectivity index (χ1v) is 7.88. The highest BCUT2D eigenvalue weighted by atomic mass is 35.5. The number of rotatable bonds is 10. The molecule has 0 aliphatic carbocycles. The summed E-state index contributed by atoms with van der Waals surface area (Å²) in [5.41, 5.74) is 0. The zero-order valence-electron chi connectivity index (χ0n) is 10.8. The van der Waals surface area contributed by atoms with Gasteiger partial charge in [-0.3, -0.25) is 0 Å². The van der Waals surface area contributed by atoms with Crippen LogP contribution in [0, 0.1) is 0 Å². The fourth-order valence-electron chi connectivity index (χ4n) is 1.03. The number of unbranched alkanes of at least 4 members (excludes halogenated alkanes) is 2. The minimum atomic E-state index is -0.857. The maximum absolute atomic E-state index is 11.5. The summed E-state index contributed by atoms with van der Waals surface area (Å²) in [6.07, 6.45) is 2.65. The smallest absolute Gasteiger partial charge is 0.351 e. The number of halogens is 4. The topological polar surface area (TPSA) is 52.6 Å². The predicted octanol–water partition coefficient (Wildman–Crippen LogP) is 3.80. The number of carbonyl (C=O) groups excluding carboxylic acids is 2. The van der Waals surface area contributed by atoms with Crippen LogP contribution in [0.2, 0.25) is 0 Å². The van der Waals surface area contributed by atoms with Crippen LogP contribution in [0.3, 0.4) is 0 Å². The van der Waals surface area contributed by atoms with Crippen LogP contribution < -0.4 is 0 Å². The molecular formula is C12H16Cl4O4. The van der Waals surface area contributed by atoms with Gasteiger partial charge in [-0.05, 0) is 25.7 Å². The molecule has 4 nitrogen and oxygen atoms in total. The van der Waals surface area contributed by atoms with Crippen molar-refractivity contribution in [3.05, 3.63) is 10.1 Å². The third kappa shape index (κ3) is 8.90. The molecule has 0 spiro atoms. The Morgan fingerprint density at radius 3 is 1.35 bits per heavy atom. The number of hydrogen-bond acceptors (Lipinski definition) is 4. The van der Waals surface area contributed by atoms with Crippen molar-refractivity contribution in [3.63, 3.8) is 0 Å². The average Bonchev–Trinajstić information content (AvgIpc) is 2.46. The van der Waals surface area contributed by atoms with E-state index in [0.717, 1.165) is 0 Å².